The molecule has 0 radical (unpaired) electrons. The molecule has 1 N–H and O–H groups in total. The van der Waals surface area contributed by atoms with Crippen molar-refractivity contribution < 1.29 is 23.7 Å². The van der Waals surface area contributed by atoms with Crippen LogP contribution < -0.4 is 10.3 Å². The zero-order valence-corrected chi connectivity index (χ0v) is 26.6. The van der Waals surface area contributed by atoms with Gasteiger partial charge in [0.05, 0.1) is 19.8 Å². The predicted octanol–water partition coefficient (Wildman–Crippen LogP) is 5.60. The Morgan fingerprint density at radius 1 is 1.04 bits per heavy atom. The van der Waals surface area contributed by atoms with Crippen molar-refractivity contribution in [2.75, 3.05) is 13.7 Å². The molecule has 1 unspecified atom stereocenters. The number of carbonyl (C=O) groups excluding carboxylic acids is 1. The lowest BCUT2D eigenvalue weighted by molar-refractivity contribution is -0.230. The number of nitrogens with one attached hydrogen (secondary N) is 1. The number of rotatable bonds is 10. The summed E-state index contributed by atoms with van der Waals surface area (Å²) in [5.74, 6) is -0.344. The molecule has 11 nitrogen and oxygen atoms in total. The van der Waals surface area contributed by atoms with Crippen LogP contribution >= 0.6 is 0 Å². The van der Waals surface area contributed by atoms with Gasteiger partial charge >= 0.3 is 5.97 Å². The Morgan fingerprint density at radius 3 is 2.46 bits per heavy atom. The van der Waals surface area contributed by atoms with Crippen LogP contribution in [0.3, 0.4) is 0 Å². The van der Waals surface area contributed by atoms with Gasteiger partial charge < -0.3 is 23.9 Å². The van der Waals surface area contributed by atoms with Crippen LogP contribution in [0.15, 0.2) is 71.6 Å². The van der Waals surface area contributed by atoms with E-state index in [1.54, 1.807) is 11.8 Å². The summed E-state index contributed by atoms with van der Waals surface area (Å²) >= 11 is 0. The number of aromatic nitrogens is 5. The van der Waals surface area contributed by atoms with Gasteiger partial charge in [0.25, 0.3) is 5.56 Å². The molecule has 46 heavy (non-hydrogen) atoms. The number of hydrogen-bond acceptors (Lipinski definition) is 9. The summed E-state index contributed by atoms with van der Waals surface area (Å²) in [6.07, 6.45) is 10.5. The highest BCUT2D eigenvalue weighted by atomic mass is 16.7. The second-order valence-electron chi connectivity index (χ2n) is 12.7. The third-order valence-electron chi connectivity index (χ3n) is 8.00. The van der Waals surface area contributed by atoms with Gasteiger partial charge in [0.15, 0.2) is 17.0 Å². The maximum atomic E-state index is 12.9. The van der Waals surface area contributed by atoms with E-state index in [0.29, 0.717) is 24.4 Å². The number of fused-ring (bicyclic) bond motifs is 1. The van der Waals surface area contributed by atoms with Crippen LogP contribution in [-0.4, -0.2) is 62.1 Å². The number of ether oxygens (including phenoxy) is 4. The van der Waals surface area contributed by atoms with Gasteiger partial charge in [-0.1, -0.05) is 66.6 Å². The number of H-pyrrole nitrogens is 1. The minimum atomic E-state index is -1.08. The first-order valence-corrected chi connectivity index (χ1v) is 15.6. The number of nitrogens with zero attached hydrogens (tertiary/aromatic N) is 4. The Morgan fingerprint density at radius 2 is 1.76 bits per heavy atom. The first kappa shape index (κ1) is 31.4. The number of methoxy groups -OCH3 is 1. The lowest BCUT2D eigenvalue weighted by Crippen LogP contribution is -2.40. The highest BCUT2D eigenvalue weighted by molar-refractivity contribution is 5.74. The molecule has 4 aromatic rings. The first-order chi connectivity index (χ1) is 22.1. The molecule has 240 valence electrons. The molecular formula is C35H39N5O6. The highest BCUT2D eigenvalue weighted by Crippen LogP contribution is 2.38. The van der Waals surface area contributed by atoms with Crippen molar-refractivity contribution in [2.45, 2.75) is 76.9 Å². The highest BCUT2D eigenvalue weighted by Gasteiger charge is 2.37. The van der Waals surface area contributed by atoms with E-state index >= 15 is 0 Å². The summed E-state index contributed by atoms with van der Waals surface area (Å²) in [6, 6.07) is 15.4. The summed E-state index contributed by atoms with van der Waals surface area (Å²) in [5, 5.41) is 8.25. The fourth-order valence-corrected chi connectivity index (χ4v) is 5.80. The number of hydrogen-bond donors (Lipinski definition) is 1. The molecule has 2 aliphatic carbocycles. The van der Waals surface area contributed by atoms with Gasteiger partial charge in [-0.2, -0.15) is 0 Å². The number of allylic oxidation sites excluding steroid dienone is 2. The topological polar surface area (TPSA) is 130 Å². The van der Waals surface area contributed by atoms with Gasteiger partial charge in [0.1, 0.15) is 23.8 Å². The molecule has 11 heteroatoms. The third kappa shape index (κ3) is 7.27. The molecule has 2 aliphatic rings. The van der Waals surface area contributed by atoms with Crippen LogP contribution in [0.25, 0.3) is 28.1 Å². The molecule has 0 spiro atoms. The van der Waals surface area contributed by atoms with Crippen molar-refractivity contribution in [3.05, 3.63) is 88.2 Å². The maximum absolute atomic E-state index is 12.9. The van der Waals surface area contributed by atoms with Crippen molar-refractivity contribution >= 4 is 22.7 Å². The van der Waals surface area contributed by atoms with Crippen LogP contribution in [0, 0.1) is 0 Å². The predicted molar refractivity (Wildman–Crippen MR) is 173 cm³/mol. The van der Waals surface area contributed by atoms with Crippen molar-refractivity contribution in [1.82, 2.24) is 25.0 Å². The Hall–Kier alpha value is -4.61. The summed E-state index contributed by atoms with van der Waals surface area (Å²) in [7, 11) is 1.62. The molecule has 0 bridgehead atoms. The summed E-state index contributed by atoms with van der Waals surface area (Å²) in [6.45, 7) is 5.68. The maximum Gasteiger partial charge on any atom is 0.332 e. The van der Waals surface area contributed by atoms with Gasteiger partial charge in [0, 0.05) is 12.0 Å². The van der Waals surface area contributed by atoms with E-state index in [2.05, 4.69) is 15.3 Å². The minimum Gasteiger partial charge on any atom is -0.497 e. The Balaban J connectivity index is 1.21. The molecule has 0 aliphatic heterocycles. The van der Waals surface area contributed by atoms with Crippen LogP contribution in [0.1, 0.15) is 64.0 Å². The monoisotopic (exact) mass is 625 g/mol. The second kappa shape index (κ2) is 13.0. The molecule has 2 heterocycles. The van der Waals surface area contributed by atoms with Crippen LogP contribution in [0.5, 0.6) is 5.75 Å². The minimum absolute atomic E-state index is 0.0653. The molecule has 1 atom stereocenters. The fourth-order valence-electron chi connectivity index (χ4n) is 5.80. The smallest absolute Gasteiger partial charge is 0.332 e. The number of aromatic amines is 1. The quantitative estimate of drug-likeness (QED) is 0.177. The van der Waals surface area contributed by atoms with Gasteiger partial charge in [0.2, 0.25) is 0 Å². The second-order valence-corrected chi connectivity index (χ2v) is 12.7. The van der Waals surface area contributed by atoms with E-state index in [0.717, 1.165) is 53.7 Å². The van der Waals surface area contributed by atoms with Crippen molar-refractivity contribution in [2.24, 2.45) is 0 Å². The number of carbonyl (C=O) groups is 1. The zero-order chi connectivity index (χ0) is 32.3. The number of benzene rings is 2. The third-order valence-corrected chi connectivity index (χ3v) is 8.00. The van der Waals surface area contributed by atoms with Crippen molar-refractivity contribution in [1.29, 1.82) is 0 Å². The molecule has 2 aromatic carbocycles. The van der Waals surface area contributed by atoms with E-state index in [4.69, 9.17) is 23.9 Å². The number of esters is 1. The lowest BCUT2D eigenvalue weighted by atomic mass is 9.92. The average Bonchev–Trinajstić information content (AvgIpc) is 3.70. The van der Waals surface area contributed by atoms with Crippen LogP contribution in [-0.2, 0) is 25.5 Å². The van der Waals surface area contributed by atoms with Crippen molar-refractivity contribution in [3.63, 3.8) is 0 Å². The molecule has 1 fully saturated rings. The summed E-state index contributed by atoms with van der Waals surface area (Å²) < 4.78 is 25.1. The van der Waals surface area contributed by atoms with E-state index in [1.165, 1.54) is 0 Å². The first-order valence-electron chi connectivity index (χ1n) is 15.6. The fraction of sp³-hybridized carbons (Fsp3) is 0.400. The normalized spacial score (nSPS) is 18.6. The average molecular weight is 626 g/mol. The molecule has 0 saturated heterocycles. The largest absolute Gasteiger partial charge is 0.497 e. The lowest BCUT2D eigenvalue weighted by Gasteiger charge is -2.36. The van der Waals surface area contributed by atoms with Crippen molar-refractivity contribution in [3.8, 4) is 17.1 Å². The Labute approximate surface area is 267 Å². The standard InChI is InChI=1S/C35H39N5O6/c1-34(2,3)46-29(41)22-44-35(45-28-9-5-6-10-28)19-7-8-26(20-35)24-13-15-25(16-14-24)31-36-32-30(33(42)37-31)38-39-40(32)21-23-11-17-27(43-4)18-12-23/h7-8,11-19,28H,5-6,9-10,20-22H2,1-4H3,(H,36,37,42). The molecule has 1 saturated carbocycles. The van der Waals surface area contributed by atoms with Gasteiger partial charge in [-0.3, -0.25) is 4.79 Å². The SMILES string of the molecule is COc1ccc(Cn2nnc3c(=O)[nH]c(-c4ccc(C5=CC=CC(OCC(=O)OC(C)(C)C)(OC6CCCC6)C5)cc4)nc32)cc1. The van der Waals surface area contributed by atoms with Crippen LogP contribution in [0.4, 0.5) is 0 Å². The zero-order valence-electron chi connectivity index (χ0n) is 26.6. The Bertz CT molecular complexity index is 1810. The van der Waals surface area contributed by atoms with Crippen LogP contribution in [0.2, 0.25) is 0 Å². The summed E-state index contributed by atoms with van der Waals surface area (Å²) in [4.78, 5) is 33.1. The van der Waals surface area contributed by atoms with Gasteiger partial charge in [-0.25, -0.2) is 14.5 Å². The van der Waals surface area contributed by atoms with E-state index in [-0.39, 0.29) is 23.8 Å². The van der Waals surface area contributed by atoms with Gasteiger partial charge in [-0.05, 0) is 68.5 Å². The van der Waals surface area contributed by atoms with E-state index < -0.39 is 17.4 Å². The molecule has 2 aromatic heterocycles. The molecule has 0 amide bonds. The van der Waals surface area contributed by atoms with Gasteiger partial charge in [-0.15, -0.1) is 5.10 Å². The Kier molecular flexibility index (Phi) is 8.88. The summed E-state index contributed by atoms with van der Waals surface area (Å²) in [5.41, 5.74) is 3.28. The molecular weight excluding hydrogens is 586 g/mol. The molecule has 6 rings (SSSR count). The van der Waals surface area contributed by atoms with E-state index in [9.17, 15) is 9.59 Å². The van der Waals surface area contributed by atoms with E-state index in [1.807, 2.05) is 87.5 Å².